The summed E-state index contributed by atoms with van der Waals surface area (Å²) in [5, 5.41) is -0.105. The third-order valence-corrected chi connectivity index (χ3v) is 2.41. The number of aldehydes is 1. The summed E-state index contributed by atoms with van der Waals surface area (Å²) in [5.74, 6) is -0.531. The summed E-state index contributed by atoms with van der Waals surface area (Å²) in [6.07, 6.45) is 0.529. The van der Waals surface area contributed by atoms with E-state index < -0.39 is 5.82 Å². The van der Waals surface area contributed by atoms with Crippen LogP contribution in [0, 0.1) is 9.39 Å². The maximum absolute atomic E-state index is 12.9. The minimum atomic E-state index is -0.531. The van der Waals surface area contributed by atoms with Crippen molar-refractivity contribution in [2.24, 2.45) is 0 Å². The van der Waals surface area contributed by atoms with Crippen molar-refractivity contribution in [3.8, 4) is 0 Å². The molecular formula is C7H3ClFIO. The topological polar surface area (TPSA) is 17.1 Å². The lowest BCUT2D eigenvalue weighted by molar-refractivity contribution is 0.112. The van der Waals surface area contributed by atoms with Gasteiger partial charge in [0.15, 0.2) is 12.1 Å². The van der Waals surface area contributed by atoms with Crippen LogP contribution in [0.3, 0.4) is 0 Å². The summed E-state index contributed by atoms with van der Waals surface area (Å²) in [6, 6.07) is 2.99. The van der Waals surface area contributed by atoms with Gasteiger partial charge in [-0.1, -0.05) is 11.6 Å². The van der Waals surface area contributed by atoms with Crippen LogP contribution in [0.15, 0.2) is 12.1 Å². The molecule has 1 nitrogen and oxygen atoms in total. The molecule has 4 heteroatoms. The van der Waals surface area contributed by atoms with E-state index in [9.17, 15) is 9.18 Å². The average Bonchev–Trinajstić information content (AvgIpc) is 2.01. The SMILES string of the molecule is O=Cc1ccc(I)c(F)c1Cl. The van der Waals surface area contributed by atoms with Gasteiger partial charge < -0.3 is 0 Å². The maximum atomic E-state index is 12.9. The predicted octanol–water partition coefficient (Wildman–Crippen LogP) is 2.90. The Morgan fingerprint density at radius 3 is 2.73 bits per heavy atom. The van der Waals surface area contributed by atoms with E-state index in [2.05, 4.69) is 0 Å². The Labute approximate surface area is 81.7 Å². The molecule has 0 N–H and O–H groups in total. The first kappa shape index (κ1) is 8.93. The van der Waals surface area contributed by atoms with Gasteiger partial charge in [0, 0.05) is 5.56 Å². The number of hydrogen-bond acceptors (Lipinski definition) is 1. The molecule has 58 valence electrons. The highest BCUT2D eigenvalue weighted by Gasteiger charge is 2.08. The lowest BCUT2D eigenvalue weighted by atomic mass is 10.2. The zero-order chi connectivity index (χ0) is 8.43. The van der Waals surface area contributed by atoms with Crippen LogP contribution in [0.1, 0.15) is 10.4 Å². The molecule has 0 amide bonds. The van der Waals surface area contributed by atoms with Crippen LogP contribution in [-0.4, -0.2) is 6.29 Å². The quantitative estimate of drug-likeness (QED) is 0.440. The highest BCUT2D eigenvalue weighted by atomic mass is 127. The van der Waals surface area contributed by atoms with Gasteiger partial charge in [-0.25, -0.2) is 4.39 Å². The van der Waals surface area contributed by atoms with Crippen molar-refractivity contribution < 1.29 is 9.18 Å². The lowest BCUT2D eigenvalue weighted by Gasteiger charge is -1.98. The first-order chi connectivity index (χ1) is 5.16. The summed E-state index contributed by atoms with van der Waals surface area (Å²) in [6.45, 7) is 0. The Hall–Kier alpha value is -0.160. The molecule has 0 saturated carbocycles. The maximum Gasteiger partial charge on any atom is 0.155 e. The van der Waals surface area contributed by atoms with Gasteiger partial charge in [-0.2, -0.15) is 0 Å². The number of carbonyl (C=O) groups excluding carboxylic acids is 1. The number of hydrogen-bond donors (Lipinski definition) is 0. The molecule has 0 spiro atoms. The standard InChI is InChI=1S/C7H3ClFIO/c8-6-4(3-11)1-2-5(10)7(6)9/h1-3H. The average molecular weight is 284 g/mol. The minimum absolute atomic E-state index is 0.105. The summed E-state index contributed by atoms with van der Waals surface area (Å²) >= 11 is 7.30. The van der Waals surface area contributed by atoms with Crippen molar-refractivity contribution in [1.82, 2.24) is 0 Å². The van der Waals surface area contributed by atoms with Gasteiger partial charge in [-0.3, -0.25) is 4.79 Å². The zero-order valence-electron chi connectivity index (χ0n) is 5.27. The summed E-state index contributed by atoms with van der Waals surface area (Å²) in [5.41, 5.74) is 0.185. The van der Waals surface area contributed by atoms with Crippen LogP contribution in [0.5, 0.6) is 0 Å². The molecule has 0 aliphatic heterocycles. The lowest BCUT2D eigenvalue weighted by Crippen LogP contribution is -1.89. The Kier molecular flexibility index (Phi) is 2.84. The van der Waals surface area contributed by atoms with E-state index >= 15 is 0 Å². The zero-order valence-corrected chi connectivity index (χ0v) is 8.19. The first-order valence-corrected chi connectivity index (χ1v) is 4.21. The van der Waals surface area contributed by atoms with Crippen molar-refractivity contribution in [3.63, 3.8) is 0 Å². The van der Waals surface area contributed by atoms with E-state index in [1.807, 2.05) is 22.6 Å². The fraction of sp³-hybridized carbons (Fsp3) is 0. The van der Waals surface area contributed by atoms with Crippen LogP contribution in [0.4, 0.5) is 4.39 Å². The predicted molar refractivity (Wildman–Crippen MR) is 49.5 cm³/mol. The number of carbonyl (C=O) groups is 1. The minimum Gasteiger partial charge on any atom is -0.298 e. The molecular weight excluding hydrogens is 281 g/mol. The molecule has 0 aliphatic carbocycles. The van der Waals surface area contributed by atoms with Crippen LogP contribution in [0.2, 0.25) is 5.02 Å². The van der Waals surface area contributed by atoms with Gasteiger partial charge in [-0.05, 0) is 34.7 Å². The second-order valence-corrected chi connectivity index (χ2v) is 3.42. The van der Waals surface area contributed by atoms with Crippen molar-refractivity contribution in [2.75, 3.05) is 0 Å². The molecule has 1 aromatic carbocycles. The molecule has 0 fully saturated rings. The van der Waals surface area contributed by atoms with E-state index in [4.69, 9.17) is 11.6 Å². The molecule has 0 radical (unpaired) electrons. The molecule has 0 atom stereocenters. The Morgan fingerprint density at radius 2 is 2.18 bits per heavy atom. The van der Waals surface area contributed by atoms with E-state index in [0.717, 1.165) is 0 Å². The van der Waals surface area contributed by atoms with Crippen molar-refractivity contribution >= 4 is 40.5 Å². The number of rotatable bonds is 1. The van der Waals surface area contributed by atoms with Crippen LogP contribution < -0.4 is 0 Å². The molecule has 1 aromatic rings. The Balaban J connectivity index is 3.36. The van der Waals surface area contributed by atoms with Gasteiger partial charge in [0.2, 0.25) is 0 Å². The number of halogens is 3. The van der Waals surface area contributed by atoms with E-state index in [1.54, 1.807) is 0 Å². The molecule has 0 aromatic heterocycles. The molecule has 11 heavy (non-hydrogen) atoms. The van der Waals surface area contributed by atoms with E-state index in [0.29, 0.717) is 9.86 Å². The largest absolute Gasteiger partial charge is 0.298 e. The highest BCUT2D eigenvalue weighted by molar-refractivity contribution is 14.1. The smallest absolute Gasteiger partial charge is 0.155 e. The summed E-state index contributed by atoms with van der Waals surface area (Å²) < 4.78 is 13.3. The van der Waals surface area contributed by atoms with Crippen LogP contribution in [-0.2, 0) is 0 Å². The van der Waals surface area contributed by atoms with Crippen LogP contribution >= 0.6 is 34.2 Å². The fourth-order valence-corrected chi connectivity index (χ4v) is 1.45. The third kappa shape index (κ3) is 1.70. The van der Waals surface area contributed by atoms with Gasteiger partial charge in [0.05, 0.1) is 8.59 Å². The van der Waals surface area contributed by atoms with E-state index in [-0.39, 0.29) is 10.6 Å². The van der Waals surface area contributed by atoms with Crippen molar-refractivity contribution in [3.05, 3.63) is 32.1 Å². The molecule has 0 aliphatic rings. The van der Waals surface area contributed by atoms with Gasteiger partial charge in [0.25, 0.3) is 0 Å². The first-order valence-electron chi connectivity index (χ1n) is 2.75. The molecule has 0 saturated heterocycles. The monoisotopic (exact) mass is 284 g/mol. The second kappa shape index (κ2) is 3.49. The van der Waals surface area contributed by atoms with Crippen molar-refractivity contribution in [2.45, 2.75) is 0 Å². The third-order valence-electron chi connectivity index (χ3n) is 1.19. The van der Waals surface area contributed by atoms with Gasteiger partial charge in [-0.15, -0.1) is 0 Å². The highest BCUT2D eigenvalue weighted by Crippen LogP contribution is 2.22. The normalized spacial score (nSPS) is 9.73. The Bertz CT molecular complexity index is 301. The summed E-state index contributed by atoms with van der Waals surface area (Å²) in [7, 11) is 0. The molecule has 1 rings (SSSR count). The van der Waals surface area contributed by atoms with Crippen LogP contribution in [0.25, 0.3) is 0 Å². The molecule has 0 heterocycles. The van der Waals surface area contributed by atoms with Gasteiger partial charge >= 0.3 is 0 Å². The summed E-state index contributed by atoms with van der Waals surface area (Å²) in [4.78, 5) is 10.2. The fourth-order valence-electron chi connectivity index (χ4n) is 0.632. The second-order valence-electron chi connectivity index (χ2n) is 1.88. The van der Waals surface area contributed by atoms with Crippen molar-refractivity contribution in [1.29, 1.82) is 0 Å². The van der Waals surface area contributed by atoms with Gasteiger partial charge in [0.1, 0.15) is 0 Å². The Morgan fingerprint density at radius 1 is 1.55 bits per heavy atom. The number of benzene rings is 1. The van der Waals surface area contributed by atoms with E-state index in [1.165, 1.54) is 12.1 Å². The molecule has 0 bridgehead atoms. The molecule has 0 unspecified atom stereocenters.